The third-order valence-electron chi connectivity index (χ3n) is 2.55. The van der Waals surface area contributed by atoms with Crippen LogP contribution in [-0.4, -0.2) is 41.0 Å². The van der Waals surface area contributed by atoms with Gasteiger partial charge < -0.3 is 15.2 Å². The normalized spacial score (nSPS) is 13.2. The largest absolute Gasteiger partial charge is 0.392 e. The summed E-state index contributed by atoms with van der Waals surface area (Å²) in [4.78, 5) is 24.6. The fraction of sp³-hybridized carbons (Fsp3) is 0.692. The molecule has 0 amide bonds. The van der Waals surface area contributed by atoms with Crippen LogP contribution in [0.4, 0.5) is 0 Å². The first-order chi connectivity index (χ1) is 9.62. The van der Waals surface area contributed by atoms with Crippen molar-refractivity contribution in [3.8, 4) is 0 Å². The van der Waals surface area contributed by atoms with Gasteiger partial charge in [-0.15, -0.1) is 0 Å². The zero-order valence-corrected chi connectivity index (χ0v) is 12.5. The van der Waals surface area contributed by atoms with E-state index in [9.17, 15) is 14.7 Å². The Hall–Kier alpha value is -1.44. The molecule has 2 atom stereocenters. The predicted octanol–water partition coefficient (Wildman–Crippen LogP) is 0.0683. The minimum absolute atomic E-state index is 0.119. The number of H-pyrrole nitrogens is 1. The first-order valence-electron chi connectivity index (χ1n) is 6.84. The van der Waals surface area contributed by atoms with E-state index in [-0.39, 0.29) is 12.7 Å². The van der Waals surface area contributed by atoms with Crippen LogP contribution in [0.3, 0.4) is 0 Å². The zero-order chi connectivity index (χ0) is 15.5. The minimum atomic E-state index is -0.798. The van der Waals surface area contributed by atoms with Crippen LogP contribution in [0.5, 0.6) is 0 Å². The number of hydrogen-bond donors (Lipinski definition) is 3. The molecule has 0 aliphatic carbocycles. The third kappa shape index (κ3) is 5.68. The van der Waals surface area contributed by atoms with Crippen molar-refractivity contribution in [1.29, 1.82) is 0 Å². The molecule has 2 unspecified atom stereocenters. The summed E-state index contributed by atoms with van der Waals surface area (Å²) in [5, 5.41) is 12.3. The maximum Gasteiger partial charge on any atom is 0.330 e. The Bertz CT molecular complexity index is 469. The molecule has 3 N–H and O–H groups in total. The molecule has 1 aromatic rings. The number of aliphatic hydroxyl groups is 1. The highest BCUT2D eigenvalue weighted by Gasteiger charge is 2.17. The Morgan fingerprint density at radius 2 is 2.10 bits per heavy atom. The summed E-state index contributed by atoms with van der Waals surface area (Å²) in [6, 6.07) is 1.21. The van der Waals surface area contributed by atoms with Crippen LogP contribution in [0.2, 0.25) is 0 Å². The van der Waals surface area contributed by atoms with Gasteiger partial charge in [0.25, 0.3) is 5.56 Å². The molecule has 0 spiro atoms. The van der Waals surface area contributed by atoms with Crippen molar-refractivity contribution >= 4 is 0 Å². The van der Waals surface area contributed by atoms with Crippen molar-refractivity contribution in [3.63, 3.8) is 0 Å². The van der Waals surface area contributed by atoms with E-state index in [0.29, 0.717) is 6.54 Å². The summed E-state index contributed by atoms with van der Waals surface area (Å²) in [6.45, 7) is 6.23. The molecule has 1 rings (SSSR count). The van der Waals surface area contributed by atoms with Gasteiger partial charge in [0, 0.05) is 18.8 Å². The van der Waals surface area contributed by atoms with Crippen LogP contribution < -0.4 is 16.6 Å². The van der Waals surface area contributed by atoms with E-state index in [1.165, 1.54) is 16.8 Å². The molecule has 20 heavy (non-hydrogen) atoms. The van der Waals surface area contributed by atoms with E-state index < -0.39 is 17.5 Å². The van der Waals surface area contributed by atoms with Gasteiger partial charge in [-0.25, -0.2) is 4.79 Å². The molecule has 0 aliphatic heterocycles. The fourth-order valence-electron chi connectivity index (χ4n) is 1.59. The summed E-state index contributed by atoms with van der Waals surface area (Å²) in [6.07, 6.45) is 1.14. The van der Waals surface area contributed by atoms with Crippen molar-refractivity contribution in [2.24, 2.45) is 0 Å². The third-order valence-corrected chi connectivity index (χ3v) is 2.55. The maximum absolute atomic E-state index is 11.6. The molecule has 0 aromatic carbocycles. The number of rotatable bonds is 7. The van der Waals surface area contributed by atoms with Gasteiger partial charge in [-0.3, -0.25) is 14.3 Å². The van der Waals surface area contributed by atoms with Gasteiger partial charge in [-0.05, 0) is 13.5 Å². The standard InChI is InChI=1S/C11H19N3O4.C2H6/c1-3-8(6-12-2)18-10(7-15)14-5-4-9(16)13-11(14)17;1-2/h4-5,8,10,12,15H,3,6-7H2,1-2H3,(H,13,16,17);1-2H3. The lowest BCUT2D eigenvalue weighted by molar-refractivity contribution is -0.0819. The molecule has 0 radical (unpaired) electrons. The number of nitrogens with zero attached hydrogens (tertiary/aromatic N) is 1. The predicted molar refractivity (Wildman–Crippen MR) is 77.9 cm³/mol. The summed E-state index contributed by atoms with van der Waals surface area (Å²) in [5.41, 5.74) is -1.07. The number of aromatic nitrogens is 2. The highest BCUT2D eigenvalue weighted by Crippen LogP contribution is 2.09. The van der Waals surface area contributed by atoms with E-state index in [1.54, 1.807) is 7.05 Å². The van der Waals surface area contributed by atoms with E-state index in [0.717, 1.165) is 6.42 Å². The summed E-state index contributed by atoms with van der Waals surface area (Å²) in [7, 11) is 1.80. The highest BCUT2D eigenvalue weighted by molar-refractivity contribution is 4.84. The first-order valence-corrected chi connectivity index (χ1v) is 6.84. The van der Waals surface area contributed by atoms with Crippen LogP contribution in [0.15, 0.2) is 21.9 Å². The van der Waals surface area contributed by atoms with Crippen LogP contribution in [0.1, 0.15) is 33.4 Å². The average Bonchev–Trinajstić information content (AvgIpc) is 2.46. The first kappa shape index (κ1) is 18.6. The fourth-order valence-corrected chi connectivity index (χ4v) is 1.59. The van der Waals surface area contributed by atoms with Crippen molar-refractivity contribution in [2.45, 2.75) is 39.5 Å². The number of hydrogen-bond acceptors (Lipinski definition) is 5. The van der Waals surface area contributed by atoms with Gasteiger partial charge in [-0.1, -0.05) is 20.8 Å². The topological polar surface area (TPSA) is 96.3 Å². The lowest BCUT2D eigenvalue weighted by Gasteiger charge is -2.23. The van der Waals surface area contributed by atoms with Crippen LogP contribution in [0.25, 0.3) is 0 Å². The van der Waals surface area contributed by atoms with E-state index >= 15 is 0 Å². The van der Waals surface area contributed by atoms with Crippen LogP contribution >= 0.6 is 0 Å². The van der Waals surface area contributed by atoms with Gasteiger partial charge in [0.15, 0.2) is 6.23 Å². The minimum Gasteiger partial charge on any atom is -0.392 e. The van der Waals surface area contributed by atoms with E-state index in [1.807, 2.05) is 20.8 Å². The molecule has 0 fully saturated rings. The Kier molecular flexibility index (Phi) is 9.61. The second kappa shape index (κ2) is 10.4. The number of aliphatic hydroxyl groups excluding tert-OH is 1. The van der Waals surface area contributed by atoms with E-state index in [4.69, 9.17) is 4.74 Å². The van der Waals surface area contributed by atoms with Crippen LogP contribution in [0, 0.1) is 0 Å². The molecule has 0 bridgehead atoms. The second-order valence-corrected chi connectivity index (χ2v) is 3.88. The Balaban J connectivity index is 0.00000172. The maximum atomic E-state index is 11.6. The molecule has 7 nitrogen and oxygen atoms in total. The quantitative estimate of drug-likeness (QED) is 0.659. The molecule has 0 saturated heterocycles. The lowest BCUT2D eigenvalue weighted by atomic mass is 10.3. The van der Waals surface area contributed by atoms with Crippen molar-refractivity contribution < 1.29 is 9.84 Å². The Morgan fingerprint density at radius 1 is 1.45 bits per heavy atom. The highest BCUT2D eigenvalue weighted by atomic mass is 16.5. The molecular formula is C13H25N3O4. The van der Waals surface area contributed by atoms with Gasteiger partial charge in [0.2, 0.25) is 0 Å². The van der Waals surface area contributed by atoms with Gasteiger partial charge in [0.1, 0.15) is 0 Å². The van der Waals surface area contributed by atoms with Crippen molar-refractivity contribution in [1.82, 2.24) is 14.9 Å². The summed E-state index contributed by atoms with van der Waals surface area (Å²) >= 11 is 0. The Labute approximate surface area is 118 Å². The Morgan fingerprint density at radius 3 is 2.55 bits per heavy atom. The number of aromatic amines is 1. The molecule has 1 heterocycles. The molecule has 7 heteroatoms. The monoisotopic (exact) mass is 287 g/mol. The average molecular weight is 287 g/mol. The molecular weight excluding hydrogens is 262 g/mol. The number of likely N-dealkylation sites (N-methyl/N-ethyl adjacent to an activating group) is 1. The molecule has 116 valence electrons. The molecule has 0 saturated carbocycles. The van der Waals surface area contributed by atoms with Gasteiger partial charge >= 0.3 is 5.69 Å². The molecule has 0 aliphatic rings. The smallest absolute Gasteiger partial charge is 0.330 e. The second-order valence-electron chi connectivity index (χ2n) is 3.88. The number of nitrogens with one attached hydrogen (secondary N) is 2. The number of ether oxygens (including phenoxy) is 1. The van der Waals surface area contributed by atoms with Crippen LogP contribution in [-0.2, 0) is 4.74 Å². The van der Waals surface area contributed by atoms with Crippen molar-refractivity contribution in [3.05, 3.63) is 33.1 Å². The zero-order valence-electron chi connectivity index (χ0n) is 12.5. The summed E-state index contributed by atoms with van der Waals surface area (Å²) in [5.74, 6) is 0. The van der Waals surface area contributed by atoms with E-state index in [2.05, 4.69) is 10.3 Å². The summed E-state index contributed by atoms with van der Waals surface area (Å²) < 4.78 is 6.79. The van der Waals surface area contributed by atoms with Gasteiger partial charge in [0.05, 0.1) is 12.7 Å². The lowest BCUT2D eigenvalue weighted by Crippen LogP contribution is -2.37. The van der Waals surface area contributed by atoms with Crippen molar-refractivity contribution in [2.75, 3.05) is 20.2 Å². The van der Waals surface area contributed by atoms with Gasteiger partial charge in [-0.2, -0.15) is 0 Å². The molecule has 1 aromatic heterocycles. The SMILES string of the molecule is CC.CCC(CNC)OC(CO)n1ccc(=O)[nH]c1=O.